The average Bonchev–Trinajstić information content (AvgIpc) is 3.48. The Balaban J connectivity index is 1.54. The summed E-state index contributed by atoms with van der Waals surface area (Å²) in [6, 6.07) is 17.7. The molecule has 0 saturated carbocycles. The first kappa shape index (κ1) is 25.4. The van der Waals surface area contributed by atoms with Gasteiger partial charge in [-0.3, -0.25) is 14.5 Å². The highest BCUT2D eigenvalue weighted by molar-refractivity contribution is 7.12. The maximum Gasteiger partial charge on any atom is 0.411 e. The van der Waals surface area contributed by atoms with Gasteiger partial charge in [0.2, 0.25) is 5.91 Å². The van der Waals surface area contributed by atoms with Crippen LogP contribution in [0.3, 0.4) is 0 Å². The summed E-state index contributed by atoms with van der Waals surface area (Å²) in [7, 11) is 0. The van der Waals surface area contributed by atoms with E-state index in [1.165, 1.54) is 16.2 Å². The van der Waals surface area contributed by atoms with Gasteiger partial charge in [0.05, 0.1) is 11.4 Å². The Bertz CT molecular complexity index is 1210. The van der Waals surface area contributed by atoms with Crippen molar-refractivity contribution >= 4 is 34.9 Å². The first-order chi connectivity index (χ1) is 17.3. The number of carbonyl (C=O) groups excluding carboxylic acids is 3. The summed E-state index contributed by atoms with van der Waals surface area (Å²) < 4.78 is 5.74. The van der Waals surface area contributed by atoms with Crippen LogP contribution in [0.4, 0.5) is 10.5 Å². The average molecular weight is 506 g/mol. The highest BCUT2D eigenvalue weighted by Gasteiger charge is 2.46. The van der Waals surface area contributed by atoms with Crippen LogP contribution in [0, 0.1) is 12.8 Å². The maximum absolute atomic E-state index is 13.3. The van der Waals surface area contributed by atoms with Gasteiger partial charge in [-0.2, -0.15) is 0 Å². The monoisotopic (exact) mass is 505 g/mol. The number of nitrogens with zero attached hydrogens (tertiary/aromatic N) is 1. The number of nitrogens with one attached hydrogen (secondary N) is 2. The Morgan fingerprint density at radius 1 is 1.08 bits per heavy atom. The van der Waals surface area contributed by atoms with Crippen LogP contribution in [0.25, 0.3) is 0 Å². The lowest BCUT2D eigenvalue weighted by Gasteiger charge is -2.24. The molecule has 8 heteroatoms. The minimum atomic E-state index is -0.809. The van der Waals surface area contributed by atoms with Crippen LogP contribution in [-0.4, -0.2) is 35.4 Å². The number of aryl methyl sites for hydroxylation is 1. The van der Waals surface area contributed by atoms with Gasteiger partial charge in [0.1, 0.15) is 0 Å². The van der Waals surface area contributed by atoms with Crippen molar-refractivity contribution in [1.82, 2.24) is 10.2 Å². The molecule has 1 aromatic heterocycles. The zero-order chi connectivity index (χ0) is 25.7. The molecule has 0 aliphatic carbocycles. The fourth-order valence-electron chi connectivity index (χ4n) is 4.16. The van der Waals surface area contributed by atoms with Gasteiger partial charge in [-0.1, -0.05) is 61.9 Å². The summed E-state index contributed by atoms with van der Waals surface area (Å²) in [5.74, 6) is 0.0221. The molecule has 0 unspecified atom stereocenters. The third-order valence-electron chi connectivity index (χ3n) is 6.05. The van der Waals surface area contributed by atoms with Crippen molar-refractivity contribution in [3.05, 3.63) is 87.6 Å². The highest BCUT2D eigenvalue weighted by Crippen LogP contribution is 2.34. The van der Waals surface area contributed by atoms with Crippen LogP contribution in [0.15, 0.2) is 66.0 Å². The minimum absolute atomic E-state index is 0.184. The fraction of sp³-hybridized carbons (Fsp3) is 0.321. The first-order valence-corrected chi connectivity index (χ1v) is 12.9. The second kappa shape index (κ2) is 11.4. The smallest absolute Gasteiger partial charge is 0.411 e. The third kappa shape index (κ3) is 6.12. The second-order valence-corrected chi connectivity index (χ2v) is 10.3. The molecule has 0 spiro atoms. The number of benzene rings is 2. The van der Waals surface area contributed by atoms with Gasteiger partial charge in [-0.05, 0) is 54.0 Å². The number of rotatable bonds is 9. The van der Waals surface area contributed by atoms with E-state index >= 15 is 0 Å². The van der Waals surface area contributed by atoms with Crippen LogP contribution in [-0.2, 0) is 16.1 Å². The van der Waals surface area contributed by atoms with Crippen LogP contribution in [0.1, 0.15) is 52.7 Å². The number of hydrogen-bond acceptors (Lipinski definition) is 5. The number of anilines is 1. The normalized spacial score (nSPS) is 17.2. The molecule has 4 rings (SSSR count). The Kier molecular flexibility index (Phi) is 8.05. The second-order valence-electron chi connectivity index (χ2n) is 9.39. The van der Waals surface area contributed by atoms with Crippen molar-refractivity contribution in [1.29, 1.82) is 0 Å². The number of ether oxygens (including phenoxy) is 1. The maximum atomic E-state index is 13.3. The van der Waals surface area contributed by atoms with Crippen LogP contribution in [0.2, 0.25) is 0 Å². The van der Waals surface area contributed by atoms with E-state index in [-0.39, 0.29) is 18.4 Å². The lowest BCUT2D eigenvalue weighted by Crippen LogP contribution is -2.46. The molecule has 2 aromatic carbocycles. The van der Waals surface area contributed by atoms with Gasteiger partial charge in [0, 0.05) is 12.2 Å². The minimum Gasteiger partial charge on any atom is -0.438 e. The summed E-state index contributed by atoms with van der Waals surface area (Å²) in [5, 5.41) is 7.70. The van der Waals surface area contributed by atoms with Crippen LogP contribution in [0.5, 0.6) is 0 Å². The quantitative estimate of drug-likeness (QED) is 0.400. The van der Waals surface area contributed by atoms with Gasteiger partial charge in [-0.15, -0.1) is 11.3 Å². The lowest BCUT2D eigenvalue weighted by atomic mass is 10.00. The molecule has 1 aliphatic rings. The highest BCUT2D eigenvalue weighted by atomic mass is 32.1. The van der Waals surface area contributed by atoms with E-state index in [9.17, 15) is 14.4 Å². The largest absolute Gasteiger partial charge is 0.438 e. The molecule has 0 radical (unpaired) electrons. The van der Waals surface area contributed by atoms with Crippen molar-refractivity contribution in [2.45, 2.75) is 45.9 Å². The first-order valence-electron chi connectivity index (χ1n) is 12.1. The molecular formula is C28H31N3O4S. The number of carbonyl (C=O) groups is 3. The topological polar surface area (TPSA) is 87.7 Å². The van der Waals surface area contributed by atoms with Gasteiger partial charge in [-0.25, -0.2) is 4.79 Å². The standard InChI is InChI=1S/C28H31N3O4S/c1-18(2)13-14-29-27(33)24-25(35-28(34)31(24)17-20-7-4-6-19(3)16-20)21-9-11-22(12-10-21)30-26(32)23-8-5-15-36-23/h4-12,15-16,18,24-25H,13-14,17H2,1-3H3,(H,29,33)(H,30,32)/t24-,25-/m1/s1. The van der Waals surface area contributed by atoms with Gasteiger partial charge in [0.15, 0.2) is 12.1 Å². The van der Waals surface area contributed by atoms with Gasteiger partial charge in [0.25, 0.3) is 5.91 Å². The molecule has 1 fully saturated rings. The number of hydrogen-bond donors (Lipinski definition) is 2. The van der Waals surface area contributed by atoms with Crippen molar-refractivity contribution in [3.8, 4) is 0 Å². The van der Waals surface area contributed by atoms with Crippen molar-refractivity contribution in [2.24, 2.45) is 5.92 Å². The molecule has 2 atom stereocenters. The summed E-state index contributed by atoms with van der Waals surface area (Å²) in [5.41, 5.74) is 3.32. The summed E-state index contributed by atoms with van der Waals surface area (Å²) >= 11 is 1.37. The fourth-order valence-corrected chi connectivity index (χ4v) is 4.78. The molecule has 2 N–H and O–H groups in total. The molecule has 3 amide bonds. The molecule has 188 valence electrons. The van der Waals surface area contributed by atoms with E-state index in [1.807, 2.05) is 42.6 Å². The van der Waals surface area contributed by atoms with E-state index in [0.29, 0.717) is 28.6 Å². The molecule has 1 aliphatic heterocycles. The molecule has 7 nitrogen and oxygen atoms in total. The predicted octanol–water partition coefficient (Wildman–Crippen LogP) is 5.53. The van der Waals surface area contributed by atoms with Crippen molar-refractivity contribution in [3.63, 3.8) is 0 Å². The molecule has 0 bridgehead atoms. The van der Waals surface area contributed by atoms with E-state index in [2.05, 4.69) is 24.5 Å². The Hall–Kier alpha value is -3.65. The summed E-state index contributed by atoms with van der Waals surface area (Å²) in [4.78, 5) is 40.8. The summed E-state index contributed by atoms with van der Waals surface area (Å²) in [6.07, 6.45) is -0.446. The zero-order valence-corrected chi connectivity index (χ0v) is 21.5. The Morgan fingerprint density at radius 2 is 1.86 bits per heavy atom. The third-order valence-corrected chi connectivity index (χ3v) is 6.92. The summed E-state index contributed by atoms with van der Waals surface area (Å²) in [6.45, 7) is 6.98. The lowest BCUT2D eigenvalue weighted by molar-refractivity contribution is -0.126. The van der Waals surface area contributed by atoms with E-state index in [1.54, 1.807) is 30.3 Å². The van der Waals surface area contributed by atoms with Gasteiger partial charge < -0.3 is 15.4 Å². The van der Waals surface area contributed by atoms with E-state index in [0.717, 1.165) is 17.5 Å². The van der Waals surface area contributed by atoms with Crippen molar-refractivity contribution < 1.29 is 19.1 Å². The molecule has 3 aromatic rings. The van der Waals surface area contributed by atoms with Gasteiger partial charge >= 0.3 is 6.09 Å². The number of cyclic esters (lactones) is 1. The van der Waals surface area contributed by atoms with E-state index < -0.39 is 18.2 Å². The Morgan fingerprint density at radius 3 is 2.53 bits per heavy atom. The molecule has 1 saturated heterocycles. The molecule has 2 heterocycles. The number of amides is 3. The van der Waals surface area contributed by atoms with Crippen LogP contribution < -0.4 is 10.6 Å². The van der Waals surface area contributed by atoms with Crippen molar-refractivity contribution in [2.75, 3.05) is 11.9 Å². The predicted molar refractivity (Wildman–Crippen MR) is 141 cm³/mol. The Labute approximate surface area is 215 Å². The van der Waals surface area contributed by atoms with E-state index in [4.69, 9.17) is 4.74 Å². The zero-order valence-electron chi connectivity index (χ0n) is 20.7. The number of thiophene rings is 1. The molecule has 36 heavy (non-hydrogen) atoms. The molecular weight excluding hydrogens is 474 g/mol. The van der Waals surface area contributed by atoms with Crippen LogP contribution >= 0.6 is 11.3 Å². The SMILES string of the molecule is Cc1cccc(CN2C(=O)O[C@H](c3ccc(NC(=O)c4cccs4)cc3)[C@@H]2C(=O)NCCC(C)C)c1.